The average Bonchev–Trinajstić information content (AvgIpc) is 3.77. The first kappa shape index (κ1) is 63.9. The number of nitrogens with zero attached hydrogens (tertiary/aromatic N) is 4. The topological polar surface area (TPSA) is 156 Å². The summed E-state index contributed by atoms with van der Waals surface area (Å²) in [5.41, 5.74) is 1.71. The number of aliphatic hydroxyl groups is 1. The Bertz CT molecular complexity index is 1790. The third-order valence-electron chi connectivity index (χ3n) is 12.5. The number of rotatable bonds is 46. The lowest BCUT2D eigenvalue weighted by Crippen LogP contribution is -2.30. The zero-order valence-electron chi connectivity index (χ0n) is 47.2. The summed E-state index contributed by atoms with van der Waals surface area (Å²) in [6.45, 7) is 28.1. The van der Waals surface area contributed by atoms with Crippen molar-refractivity contribution >= 4 is 16.6 Å². The Kier molecular flexibility index (Phi) is 33.9. The van der Waals surface area contributed by atoms with E-state index in [2.05, 4.69) is 13.0 Å². The highest BCUT2D eigenvalue weighted by Crippen LogP contribution is 2.28. The summed E-state index contributed by atoms with van der Waals surface area (Å²) >= 11 is 0. The molecular formula is C57H102N4O11. The molecule has 2 heterocycles. The van der Waals surface area contributed by atoms with Gasteiger partial charge in [-0.15, -0.1) is 5.10 Å². The number of fused-ring (bicyclic) bond motifs is 3. The number of para-hydroxylation sites is 1. The lowest BCUT2D eigenvalue weighted by Gasteiger charge is -2.24. The van der Waals surface area contributed by atoms with Crippen molar-refractivity contribution in [2.45, 2.75) is 247 Å². The van der Waals surface area contributed by atoms with E-state index >= 15 is 0 Å². The summed E-state index contributed by atoms with van der Waals surface area (Å²) in [4.78, 5) is 9.90. The first-order chi connectivity index (χ1) is 34.6. The molecule has 0 aliphatic rings. The summed E-state index contributed by atoms with van der Waals surface area (Å²) in [5, 5.41) is 15.1. The van der Waals surface area contributed by atoms with E-state index in [-0.39, 0.29) is 61.0 Å². The summed E-state index contributed by atoms with van der Waals surface area (Å²) in [6.07, 6.45) is 17.7. The highest BCUT2D eigenvalue weighted by molar-refractivity contribution is 5.91. The third kappa shape index (κ3) is 28.5. The molecule has 15 nitrogen and oxygen atoms in total. The van der Waals surface area contributed by atoms with Crippen molar-refractivity contribution in [2.75, 3.05) is 66.1 Å². The minimum atomic E-state index is -0.492. The monoisotopic (exact) mass is 1020 g/mol. The largest absolute Gasteiger partial charge is 0.391 e. The van der Waals surface area contributed by atoms with Crippen LogP contribution in [-0.2, 0) is 47.4 Å². The van der Waals surface area contributed by atoms with Gasteiger partial charge in [-0.2, -0.15) is 4.52 Å². The van der Waals surface area contributed by atoms with Crippen LogP contribution in [0.2, 0.25) is 0 Å². The maximum Gasteiger partial charge on any atom is 0.167 e. The molecule has 0 amide bonds. The van der Waals surface area contributed by atoms with Gasteiger partial charge in [-0.1, -0.05) is 109 Å². The van der Waals surface area contributed by atoms with Crippen LogP contribution in [0.15, 0.2) is 24.3 Å². The molecule has 0 spiro atoms. The van der Waals surface area contributed by atoms with E-state index in [1.165, 1.54) is 83.5 Å². The van der Waals surface area contributed by atoms with Gasteiger partial charge in [0.1, 0.15) is 11.9 Å². The van der Waals surface area contributed by atoms with Gasteiger partial charge in [0.05, 0.1) is 133 Å². The van der Waals surface area contributed by atoms with Crippen LogP contribution in [-0.4, -0.2) is 152 Å². The summed E-state index contributed by atoms with van der Waals surface area (Å²) < 4.78 is 62.3. The fourth-order valence-corrected chi connectivity index (χ4v) is 8.09. The van der Waals surface area contributed by atoms with E-state index < -0.39 is 6.10 Å². The quantitative estimate of drug-likeness (QED) is 0.0533. The Hall–Kier alpha value is -2.41. The Balaban J connectivity index is 1.30. The van der Waals surface area contributed by atoms with E-state index in [0.29, 0.717) is 71.9 Å². The van der Waals surface area contributed by atoms with Crippen molar-refractivity contribution in [3.05, 3.63) is 35.9 Å². The summed E-state index contributed by atoms with van der Waals surface area (Å²) in [6, 6.07) is 8.14. The van der Waals surface area contributed by atoms with Crippen molar-refractivity contribution in [3.8, 4) is 0 Å². The standard InChI is InChI=1S/C57H102N4O11/c1-13-14-15-16-17-18-19-20-21-22-23-24-25-26-31-55(57-59-54-30-28-27-29-53(54)56-58-52(12)60-61(56)57)72-41-51(11)71-40-50(10)70-39-49(9)69-38-48(8)68-37-47(7)67-36-46(6)66-35-45(5)65-34-44(4)64-33-43(3)63-32-42(2)62/h27-30,42-51,55,62H,13-26,31-41H2,1-12H3. The van der Waals surface area contributed by atoms with Gasteiger partial charge in [-0.25, -0.2) is 9.97 Å². The van der Waals surface area contributed by atoms with Crippen LogP contribution < -0.4 is 0 Å². The molecule has 0 saturated carbocycles. The zero-order valence-corrected chi connectivity index (χ0v) is 47.2. The lowest BCUT2D eigenvalue weighted by molar-refractivity contribution is -0.113. The number of hydrogen-bond donors (Lipinski definition) is 1. The van der Waals surface area contributed by atoms with Crippen LogP contribution in [0, 0.1) is 6.92 Å². The van der Waals surface area contributed by atoms with Crippen molar-refractivity contribution in [1.29, 1.82) is 0 Å². The van der Waals surface area contributed by atoms with Crippen molar-refractivity contribution in [1.82, 2.24) is 19.6 Å². The molecule has 0 aliphatic carbocycles. The molecule has 0 aliphatic heterocycles. The van der Waals surface area contributed by atoms with Gasteiger partial charge in [-0.3, -0.25) is 0 Å². The minimum absolute atomic E-state index is 0.0842. The molecule has 2 aromatic heterocycles. The Labute approximate surface area is 435 Å². The molecule has 1 N–H and O–H groups in total. The van der Waals surface area contributed by atoms with Crippen LogP contribution in [0.3, 0.4) is 0 Å². The van der Waals surface area contributed by atoms with E-state index in [4.69, 9.17) is 62.4 Å². The second kappa shape index (κ2) is 38.2. The number of hydrogen-bond acceptors (Lipinski definition) is 14. The van der Waals surface area contributed by atoms with Crippen LogP contribution in [0.25, 0.3) is 16.6 Å². The second-order valence-electron chi connectivity index (χ2n) is 20.7. The van der Waals surface area contributed by atoms with Crippen LogP contribution in [0.1, 0.15) is 190 Å². The Morgan fingerprint density at radius 1 is 0.431 bits per heavy atom. The molecule has 15 heteroatoms. The van der Waals surface area contributed by atoms with Crippen LogP contribution in [0.4, 0.5) is 0 Å². The fraction of sp³-hybridized carbons (Fsp3) is 0.842. The first-order valence-electron chi connectivity index (χ1n) is 28.1. The van der Waals surface area contributed by atoms with Crippen molar-refractivity contribution in [2.24, 2.45) is 0 Å². The van der Waals surface area contributed by atoms with Crippen molar-refractivity contribution < 1.29 is 52.5 Å². The number of unbranched alkanes of at least 4 members (excludes halogenated alkanes) is 13. The zero-order chi connectivity index (χ0) is 52.5. The predicted octanol–water partition coefficient (Wildman–Crippen LogP) is 11.5. The SMILES string of the molecule is CCCCCCCCCCCCCCCCC(OCC(C)OCC(C)OCC(C)OCC(C)OCC(C)OCC(C)OCC(C)OCC(C)OCC(C)OCC(C)O)c1nc2ccccc2c2nc(C)nn12. The van der Waals surface area contributed by atoms with E-state index in [1.54, 1.807) is 6.92 Å². The van der Waals surface area contributed by atoms with Crippen molar-refractivity contribution in [3.63, 3.8) is 0 Å². The Morgan fingerprint density at radius 3 is 1.14 bits per heavy atom. The Morgan fingerprint density at radius 2 is 0.764 bits per heavy atom. The molecular weight excluding hydrogens is 917 g/mol. The molecule has 3 rings (SSSR count). The number of benzene rings is 1. The molecule has 1 aromatic carbocycles. The van der Waals surface area contributed by atoms with Crippen LogP contribution >= 0.6 is 0 Å². The maximum atomic E-state index is 9.37. The molecule has 72 heavy (non-hydrogen) atoms. The fourth-order valence-electron chi connectivity index (χ4n) is 8.09. The van der Waals surface area contributed by atoms with E-state index in [9.17, 15) is 5.11 Å². The minimum Gasteiger partial charge on any atom is -0.391 e. The number of ether oxygens (including phenoxy) is 10. The molecule has 3 aromatic rings. The molecule has 0 bridgehead atoms. The van der Waals surface area contributed by atoms with Gasteiger partial charge in [0.15, 0.2) is 11.5 Å². The van der Waals surface area contributed by atoms with Gasteiger partial charge in [0, 0.05) is 5.39 Å². The smallest absolute Gasteiger partial charge is 0.167 e. The average molecular weight is 1020 g/mol. The number of aromatic nitrogens is 4. The van der Waals surface area contributed by atoms with Gasteiger partial charge in [-0.05, 0) is 94.7 Å². The molecule has 0 fully saturated rings. The van der Waals surface area contributed by atoms with Gasteiger partial charge in [0.25, 0.3) is 0 Å². The molecule has 0 saturated heterocycles. The normalized spacial score (nSPS) is 16.9. The van der Waals surface area contributed by atoms with Gasteiger partial charge < -0.3 is 52.5 Å². The van der Waals surface area contributed by atoms with E-state index in [1.807, 2.05) is 92.0 Å². The maximum absolute atomic E-state index is 9.37. The number of aryl methyl sites for hydroxylation is 1. The van der Waals surface area contributed by atoms with Gasteiger partial charge in [0.2, 0.25) is 0 Å². The van der Waals surface area contributed by atoms with Gasteiger partial charge >= 0.3 is 0 Å². The summed E-state index contributed by atoms with van der Waals surface area (Å²) in [7, 11) is 0. The first-order valence-corrected chi connectivity index (χ1v) is 28.1. The molecule has 11 unspecified atom stereocenters. The molecule has 416 valence electrons. The highest BCUT2D eigenvalue weighted by atomic mass is 16.6. The van der Waals surface area contributed by atoms with E-state index in [0.717, 1.165) is 35.2 Å². The van der Waals surface area contributed by atoms with Crippen LogP contribution in [0.5, 0.6) is 0 Å². The molecule has 0 radical (unpaired) electrons. The summed E-state index contributed by atoms with van der Waals surface area (Å²) in [5.74, 6) is 1.51. The predicted molar refractivity (Wildman–Crippen MR) is 287 cm³/mol. The molecule has 11 atom stereocenters. The second-order valence-corrected chi connectivity index (χ2v) is 20.7. The highest BCUT2D eigenvalue weighted by Gasteiger charge is 2.23. The number of aliphatic hydroxyl groups excluding tert-OH is 1. The lowest BCUT2D eigenvalue weighted by atomic mass is 10.0. The third-order valence-corrected chi connectivity index (χ3v) is 12.5.